The first kappa shape index (κ1) is 20.8. The number of likely N-dealkylation sites (tertiary alicyclic amines) is 1. The van der Waals surface area contributed by atoms with Crippen LogP contribution < -0.4 is 9.64 Å². The van der Waals surface area contributed by atoms with Crippen LogP contribution in [0.15, 0.2) is 43.1 Å². The number of nitrogens with zero attached hydrogens (tertiary/aromatic N) is 4. The molecular weight excluding hydrogens is 392 g/mol. The number of hydrogen-bond donors (Lipinski definition) is 0. The number of rotatable bonds is 6. The maximum absolute atomic E-state index is 12.8. The van der Waals surface area contributed by atoms with E-state index < -0.39 is 0 Å². The maximum atomic E-state index is 12.8. The molecule has 0 N–H and O–H groups in total. The van der Waals surface area contributed by atoms with Gasteiger partial charge in [0.05, 0.1) is 13.3 Å². The first-order valence-electron chi connectivity index (χ1n) is 9.27. The van der Waals surface area contributed by atoms with Gasteiger partial charge in [-0.05, 0) is 42.7 Å². The fourth-order valence-corrected chi connectivity index (χ4v) is 3.51. The van der Waals surface area contributed by atoms with Crippen LogP contribution in [0.3, 0.4) is 0 Å². The van der Waals surface area contributed by atoms with Crippen LogP contribution in [-0.4, -0.2) is 53.9 Å². The zero-order chi connectivity index (χ0) is 21.0. The number of benzene rings is 1. The molecular formula is C21H23ClN4O3. The normalized spacial score (nSPS) is 15.8. The summed E-state index contributed by atoms with van der Waals surface area (Å²) in [5.41, 5.74) is 1.30. The Morgan fingerprint density at radius 2 is 2.10 bits per heavy atom. The van der Waals surface area contributed by atoms with Gasteiger partial charge in [0.2, 0.25) is 11.8 Å². The van der Waals surface area contributed by atoms with Crippen molar-refractivity contribution in [2.75, 3.05) is 32.1 Å². The molecule has 0 bridgehead atoms. The third kappa shape index (κ3) is 4.74. The highest BCUT2D eigenvalue weighted by atomic mass is 35.5. The Morgan fingerprint density at radius 1 is 1.38 bits per heavy atom. The van der Waals surface area contributed by atoms with Crippen LogP contribution in [0.2, 0.25) is 5.02 Å². The molecule has 0 aliphatic carbocycles. The second-order valence-electron chi connectivity index (χ2n) is 6.90. The molecule has 1 atom stereocenters. The Kier molecular flexibility index (Phi) is 6.49. The van der Waals surface area contributed by atoms with Crippen molar-refractivity contribution in [1.29, 1.82) is 0 Å². The van der Waals surface area contributed by atoms with Crippen LogP contribution >= 0.6 is 11.6 Å². The Bertz CT molecular complexity index is 917. The molecule has 152 valence electrons. The smallest absolute Gasteiger partial charge is 0.253 e. The van der Waals surface area contributed by atoms with Gasteiger partial charge in [-0.3, -0.25) is 9.59 Å². The number of amides is 2. The lowest BCUT2D eigenvalue weighted by Crippen LogP contribution is -2.29. The SMILES string of the molecule is C=CC(=O)N(C)c1ccc(C(=O)N2CC[C@@H](Cc3ncc(Cl)c(OC)n3)C2)cc1. The summed E-state index contributed by atoms with van der Waals surface area (Å²) in [7, 11) is 3.18. The molecule has 0 radical (unpaired) electrons. The third-order valence-corrected chi connectivity index (χ3v) is 5.27. The average molecular weight is 415 g/mol. The van der Waals surface area contributed by atoms with E-state index in [4.69, 9.17) is 16.3 Å². The number of likely N-dealkylation sites (N-methyl/N-ethyl adjacent to an activating group) is 1. The summed E-state index contributed by atoms with van der Waals surface area (Å²) in [5, 5.41) is 0.378. The van der Waals surface area contributed by atoms with Crippen molar-refractivity contribution in [2.24, 2.45) is 5.92 Å². The van der Waals surface area contributed by atoms with Gasteiger partial charge in [-0.1, -0.05) is 18.2 Å². The molecule has 1 saturated heterocycles. The molecule has 2 amide bonds. The van der Waals surface area contributed by atoms with Gasteiger partial charge in [0.15, 0.2) is 0 Å². The molecule has 1 aromatic heterocycles. The van der Waals surface area contributed by atoms with Crippen molar-refractivity contribution in [2.45, 2.75) is 12.8 Å². The van der Waals surface area contributed by atoms with Crippen molar-refractivity contribution in [3.63, 3.8) is 0 Å². The Hall–Kier alpha value is -2.93. The molecule has 2 heterocycles. The van der Waals surface area contributed by atoms with Gasteiger partial charge in [-0.25, -0.2) is 4.98 Å². The predicted octanol–water partition coefficient (Wildman–Crippen LogP) is 2.99. The largest absolute Gasteiger partial charge is 0.480 e. The number of methoxy groups -OCH3 is 1. The van der Waals surface area contributed by atoms with E-state index in [-0.39, 0.29) is 17.7 Å². The van der Waals surface area contributed by atoms with Crippen LogP contribution in [0.4, 0.5) is 5.69 Å². The molecule has 0 unspecified atom stereocenters. The summed E-state index contributed by atoms with van der Waals surface area (Å²) in [6, 6.07) is 7.00. The number of carbonyl (C=O) groups excluding carboxylic acids is 2. The van der Waals surface area contributed by atoms with Crippen LogP contribution in [0, 0.1) is 5.92 Å². The quantitative estimate of drug-likeness (QED) is 0.679. The molecule has 1 fully saturated rings. The van der Waals surface area contributed by atoms with E-state index in [1.807, 2.05) is 4.90 Å². The fraction of sp³-hybridized carbons (Fsp3) is 0.333. The Labute approximate surface area is 175 Å². The minimum Gasteiger partial charge on any atom is -0.480 e. The highest BCUT2D eigenvalue weighted by molar-refractivity contribution is 6.31. The summed E-state index contributed by atoms with van der Waals surface area (Å²) in [6.07, 6.45) is 4.33. The number of ether oxygens (including phenoxy) is 1. The van der Waals surface area contributed by atoms with E-state index in [1.165, 1.54) is 24.3 Å². The molecule has 1 aliphatic rings. The number of anilines is 1. The lowest BCUT2D eigenvalue weighted by Gasteiger charge is -2.18. The van der Waals surface area contributed by atoms with Gasteiger partial charge in [0, 0.05) is 37.8 Å². The lowest BCUT2D eigenvalue weighted by molar-refractivity contribution is -0.113. The van der Waals surface area contributed by atoms with E-state index in [0.29, 0.717) is 47.5 Å². The third-order valence-electron chi connectivity index (χ3n) is 5.01. The van der Waals surface area contributed by atoms with Crippen molar-refractivity contribution >= 4 is 29.1 Å². The van der Waals surface area contributed by atoms with Gasteiger partial charge in [0.25, 0.3) is 5.91 Å². The van der Waals surface area contributed by atoms with Crippen molar-refractivity contribution < 1.29 is 14.3 Å². The van der Waals surface area contributed by atoms with Crippen molar-refractivity contribution in [1.82, 2.24) is 14.9 Å². The second-order valence-corrected chi connectivity index (χ2v) is 7.31. The van der Waals surface area contributed by atoms with E-state index in [2.05, 4.69) is 16.5 Å². The van der Waals surface area contributed by atoms with Gasteiger partial charge < -0.3 is 14.5 Å². The molecule has 0 spiro atoms. The van der Waals surface area contributed by atoms with E-state index >= 15 is 0 Å². The fourth-order valence-electron chi connectivity index (χ4n) is 3.34. The maximum Gasteiger partial charge on any atom is 0.253 e. The Morgan fingerprint density at radius 3 is 2.76 bits per heavy atom. The molecule has 1 aromatic carbocycles. The van der Waals surface area contributed by atoms with Crippen LogP contribution in [-0.2, 0) is 11.2 Å². The number of aromatic nitrogens is 2. The van der Waals surface area contributed by atoms with E-state index in [9.17, 15) is 9.59 Å². The standard InChI is InChI=1S/C21H23ClN4O3/c1-4-19(27)25(2)16-7-5-15(6-8-16)21(28)26-10-9-14(13-26)11-18-23-12-17(22)20(24-18)29-3/h4-8,12,14H,1,9-11,13H2,2-3H3/t14-/m0/s1. The highest BCUT2D eigenvalue weighted by Gasteiger charge is 2.28. The molecule has 0 saturated carbocycles. The van der Waals surface area contributed by atoms with Gasteiger partial charge in [-0.2, -0.15) is 4.98 Å². The summed E-state index contributed by atoms with van der Waals surface area (Å²) < 4.78 is 5.14. The van der Waals surface area contributed by atoms with E-state index in [1.54, 1.807) is 31.3 Å². The zero-order valence-corrected chi connectivity index (χ0v) is 17.2. The molecule has 7 nitrogen and oxygen atoms in total. The number of carbonyl (C=O) groups is 2. The summed E-state index contributed by atoms with van der Waals surface area (Å²) in [6.45, 7) is 4.81. The summed E-state index contributed by atoms with van der Waals surface area (Å²) >= 11 is 5.97. The van der Waals surface area contributed by atoms with Gasteiger partial charge in [-0.15, -0.1) is 0 Å². The van der Waals surface area contributed by atoms with Crippen LogP contribution in [0.5, 0.6) is 5.88 Å². The van der Waals surface area contributed by atoms with Crippen LogP contribution in [0.25, 0.3) is 0 Å². The molecule has 29 heavy (non-hydrogen) atoms. The summed E-state index contributed by atoms with van der Waals surface area (Å²) in [5.74, 6) is 1.08. The van der Waals surface area contributed by atoms with Crippen molar-refractivity contribution in [3.05, 3.63) is 59.5 Å². The molecule has 2 aromatic rings. The first-order valence-corrected chi connectivity index (χ1v) is 9.65. The molecule has 1 aliphatic heterocycles. The minimum absolute atomic E-state index is 0.0219. The molecule has 3 rings (SSSR count). The Balaban J connectivity index is 1.61. The molecule has 8 heteroatoms. The second kappa shape index (κ2) is 9.05. The van der Waals surface area contributed by atoms with Crippen LogP contribution in [0.1, 0.15) is 22.6 Å². The zero-order valence-electron chi connectivity index (χ0n) is 16.5. The summed E-state index contributed by atoms with van der Waals surface area (Å²) in [4.78, 5) is 36.4. The number of hydrogen-bond acceptors (Lipinski definition) is 5. The average Bonchev–Trinajstić information content (AvgIpc) is 3.22. The number of halogens is 1. The van der Waals surface area contributed by atoms with Crippen molar-refractivity contribution in [3.8, 4) is 5.88 Å². The minimum atomic E-state index is -0.201. The monoisotopic (exact) mass is 414 g/mol. The van der Waals surface area contributed by atoms with Gasteiger partial charge in [0.1, 0.15) is 10.8 Å². The lowest BCUT2D eigenvalue weighted by atomic mass is 10.0. The highest BCUT2D eigenvalue weighted by Crippen LogP contribution is 2.25. The van der Waals surface area contributed by atoms with Gasteiger partial charge >= 0.3 is 0 Å². The van der Waals surface area contributed by atoms with E-state index in [0.717, 1.165) is 6.42 Å². The predicted molar refractivity (Wildman–Crippen MR) is 111 cm³/mol. The first-order chi connectivity index (χ1) is 13.9. The topological polar surface area (TPSA) is 75.6 Å².